The molecule has 2 aromatic carbocycles. The van der Waals surface area contributed by atoms with Crippen molar-refractivity contribution in [2.75, 3.05) is 0 Å². The van der Waals surface area contributed by atoms with E-state index in [-0.39, 0.29) is 0 Å². The van der Waals surface area contributed by atoms with Crippen molar-refractivity contribution in [2.45, 2.75) is 19.4 Å². The second-order valence-electron chi connectivity index (χ2n) is 4.35. The van der Waals surface area contributed by atoms with E-state index in [4.69, 9.17) is 5.84 Å². The third kappa shape index (κ3) is 2.97. The zero-order chi connectivity index (χ0) is 13.8. The normalized spacial score (nSPS) is 12.4. The van der Waals surface area contributed by atoms with E-state index in [2.05, 4.69) is 5.43 Å². The van der Waals surface area contributed by atoms with Gasteiger partial charge >= 0.3 is 0 Å². The molecular weight excluding hydrogens is 246 g/mol. The first kappa shape index (κ1) is 13.6. The molecule has 0 bridgehead atoms. The van der Waals surface area contributed by atoms with Crippen LogP contribution < -0.4 is 11.3 Å². The van der Waals surface area contributed by atoms with Crippen LogP contribution in [0, 0.1) is 11.6 Å². The highest BCUT2D eigenvalue weighted by Gasteiger charge is 2.16. The molecule has 0 aliphatic heterocycles. The lowest BCUT2D eigenvalue weighted by Crippen LogP contribution is -2.29. The van der Waals surface area contributed by atoms with Gasteiger partial charge < -0.3 is 0 Å². The number of aryl methyl sites for hydroxylation is 1. The average molecular weight is 262 g/mol. The maximum Gasteiger partial charge on any atom is 0.126 e. The fraction of sp³-hybridized carbons (Fsp3) is 0.200. The number of rotatable bonds is 4. The molecule has 2 nitrogen and oxygen atoms in total. The predicted molar refractivity (Wildman–Crippen MR) is 71.3 cm³/mol. The van der Waals surface area contributed by atoms with Crippen molar-refractivity contribution in [3.05, 3.63) is 70.8 Å². The van der Waals surface area contributed by atoms with Crippen molar-refractivity contribution >= 4 is 0 Å². The molecule has 0 aliphatic carbocycles. The number of hydrogen-bond donors (Lipinski definition) is 2. The maximum absolute atomic E-state index is 13.3. The van der Waals surface area contributed by atoms with Gasteiger partial charge in [0.1, 0.15) is 11.6 Å². The van der Waals surface area contributed by atoms with Gasteiger partial charge in [0.15, 0.2) is 0 Å². The summed E-state index contributed by atoms with van der Waals surface area (Å²) in [5, 5.41) is 0. The molecule has 4 heteroatoms. The molecule has 1 atom stereocenters. The predicted octanol–water partition coefficient (Wildman–Crippen LogP) is 3.08. The highest BCUT2D eigenvalue weighted by atomic mass is 19.1. The van der Waals surface area contributed by atoms with Gasteiger partial charge in [0.25, 0.3) is 0 Å². The highest BCUT2D eigenvalue weighted by molar-refractivity contribution is 5.37. The number of nitrogens with one attached hydrogen (secondary N) is 1. The van der Waals surface area contributed by atoms with E-state index >= 15 is 0 Å². The standard InChI is InChI=1S/C15H16F2N2/c1-2-10-5-3-4-6-14(10)15(19-18)11-7-12(16)9-13(17)8-11/h3-9,15,19H,2,18H2,1H3. The Labute approximate surface area is 111 Å². The first-order valence-electron chi connectivity index (χ1n) is 6.15. The Morgan fingerprint density at radius 3 is 2.32 bits per heavy atom. The molecule has 0 fully saturated rings. The average Bonchev–Trinajstić information content (AvgIpc) is 2.39. The van der Waals surface area contributed by atoms with Crippen LogP contribution in [0.5, 0.6) is 0 Å². The molecule has 0 amide bonds. The van der Waals surface area contributed by atoms with E-state index < -0.39 is 17.7 Å². The first-order chi connectivity index (χ1) is 9.15. The van der Waals surface area contributed by atoms with Crippen molar-refractivity contribution in [1.29, 1.82) is 0 Å². The summed E-state index contributed by atoms with van der Waals surface area (Å²) in [6, 6.07) is 10.7. The third-order valence-corrected chi connectivity index (χ3v) is 3.13. The summed E-state index contributed by atoms with van der Waals surface area (Å²) >= 11 is 0. The number of nitrogens with two attached hydrogens (primary N) is 1. The van der Waals surface area contributed by atoms with E-state index in [9.17, 15) is 8.78 Å². The Bertz CT molecular complexity index is 550. The molecule has 3 N–H and O–H groups in total. The van der Waals surface area contributed by atoms with Crippen molar-refractivity contribution in [3.8, 4) is 0 Å². The van der Waals surface area contributed by atoms with Gasteiger partial charge in [-0.15, -0.1) is 0 Å². The summed E-state index contributed by atoms with van der Waals surface area (Å²) in [5.41, 5.74) is 5.12. The van der Waals surface area contributed by atoms with Gasteiger partial charge in [-0.25, -0.2) is 14.2 Å². The Morgan fingerprint density at radius 2 is 1.74 bits per heavy atom. The zero-order valence-corrected chi connectivity index (χ0v) is 10.7. The maximum atomic E-state index is 13.3. The van der Waals surface area contributed by atoms with Crippen LogP contribution in [-0.2, 0) is 6.42 Å². The van der Waals surface area contributed by atoms with E-state index in [1.165, 1.54) is 12.1 Å². The topological polar surface area (TPSA) is 38.0 Å². The summed E-state index contributed by atoms with van der Waals surface area (Å²) in [7, 11) is 0. The van der Waals surface area contributed by atoms with Crippen LogP contribution in [0.2, 0.25) is 0 Å². The van der Waals surface area contributed by atoms with Gasteiger partial charge in [-0.2, -0.15) is 0 Å². The van der Waals surface area contributed by atoms with Crippen LogP contribution >= 0.6 is 0 Å². The molecule has 100 valence electrons. The van der Waals surface area contributed by atoms with Crippen molar-refractivity contribution in [1.82, 2.24) is 5.43 Å². The summed E-state index contributed by atoms with van der Waals surface area (Å²) in [6.07, 6.45) is 0.826. The number of benzene rings is 2. The van der Waals surface area contributed by atoms with Gasteiger partial charge in [-0.05, 0) is 35.2 Å². The minimum atomic E-state index is -0.607. The Kier molecular flexibility index (Phi) is 4.24. The van der Waals surface area contributed by atoms with Gasteiger partial charge in [0.05, 0.1) is 6.04 Å². The van der Waals surface area contributed by atoms with E-state index in [0.717, 1.165) is 23.6 Å². The number of hydrazine groups is 1. The van der Waals surface area contributed by atoms with Crippen LogP contribution in [0.3, 0.4) is 0 Å². The minimum absolute atomic E-state index is 0.429. The zero-order valence-electron chi connectivity index (χ0n) is 10.7. The largest absolute Gasteiger partial charge is 0.271 e. The summed E-state index contributed by atoms with van der Waals surface area (Å²) < 4.78 is 26.6. The third-order valence-electron chi connectivity index (χ3n) is 3.13. The quantitative estimate of drug-likeness (QED) is 0.656. The van der Waals surface area contributed by atoms with Gasteiger partial charge in [-0.1, -0.05) is 31.2 Å². The molecule has 0 aromatic heterocycles. The monoisotopic (exact) mass is 262 g/mol. The molecule has 19 heavy (non-hydrogen) atoms. The summed E-state index contributed by atoms with van der Waals surface area (Å²) in [6.45, 7) is 2.03. The molecule has 0 saturated heterocycles. The number of halogens is 2. The number of hydrogen-bond acceptors (Lipinski definition) is 2. The Balaban J connectivity index is 2.49. The second kappa shape index (κ2) is 5.91. The van der Waals surface area contributed by atoms with E-state index in [0.29, 0.717) is 5.56 Å². The molecule has 1 unspecified atom stereocenters. The van der Waals surface area contributed by atoms with Crippen molar-refractivity contribution in [3.63, 3.8) is 0 Å². The molecule has 0 heterocycles. The lowest BCUT2D eigenvalue weighted by molar-refractivity contribution is 0.565. The lowest BCUT2D eigenvalue weighted by Gasteiger charge is -2.20. The molecule has 0 saturated carbocycles. The van der Waals surface area contributed by atoms with E-state index in [1.54, 1.807) is 0 Å². The molecule has 2 rings (SSSR count). The first-order valence-corrected chi connectivity index (χ1v) is 6.15. The summed E-state index contributed by atoms with van der Waals surface area (Å²) in [5.74, 6) is 4.35. The van der Waals surface area contributed by atoms with E-state index in [1.807, 2.05) is 31.2 Å². The second-order valence-corrected chi connectivity index (χ2v) is 4.35. The SMILES string of the molecule is CCc1ccccc1C(NN)c1cc(F)cc(F)c1. The fourth-order valence-electron chi connectivity index (χ4n) is 2.25. The Hall–Kier alpha value is -1.78. The minimum Gasteiger partial charge on any atom is -0.271 e. The van der Waals surface area contributed by atoms with Gasteiger partial charge in [0.2, 0.25) is 0 Å². The van der Waals surface area contributed by atoms with Crippen LogP contribution in [0.15, 0.2) is 42.5 Å². The van der Waals surface area contributed by atoms with Crippen LogP contribution in [-0.4, -0.2) is 0 Å². The molecule has 0 radical (unpaired) electrons. The Morgan fingerprint density at radius 1 is 1.11 bits per heavy atom. The van der Waals surface area contributed by atoms with Gasteiger partial charge in [0, 0.05) is 6.07 Å². The molecule has 2 aromatic rings. The van der Waals surface area contributed by atoms with Crippen LogP contribution in [0.25, 0.3) is 0 Å². The smallest absolute Gasteiger partial charge is 0.126 e. The van der Waals surface area contributed by atoms with Crippen LogP contribution in [0.4, 0.5) is 8.78 Å². The van der Waals surface area contributed by atoms with Crippen LogP contribution in [0.1, 0.15) is 29.7 Å². The highest BCUT2D eigenvalue weighted by Crippen LogP contribution is 2.26. The lowest BCUT2D eigenvalue weighted by atomic mass is 9.93. The molecule has 0 aliphatic rings. The van der Waals surface area contributed by atoms with Crippen molar-refractivity contribution < 1.29 is 8.78 Å². The van der Waals surface area contributed by atoms with Crippen molar-refractivity contribution in [2.24, 2.45) is 5.84 Å². The molecule has 0 spiro atoms. The molecular formula is C15H16F2N2. The van der Waals surface area contributed by atoms with Gasteiger partial charge in [-0.3, -0.25) is 5.84 Å². The fourth-order valence-corrected chi connectivity index (χ4v) is 2.25. The summed E-state index contributed by atoms with van der Waals surface area (Å²) in [4.78, 5) is 0.